The zero-order chi connectivity index (χ0) is 20.9. The van der Waals surface area contributed by atoms with Crippen molar-refractivity contribution in [2.45, 2.75) is 23.4 Å². The predicted molar refractivity (Wildman–Crippen MR) is 125 cm³/mol. The Morgan fingerprint density at radius 2 is 1.93 bits per heavy atom. The maximum Gasteiger partial charge on any atom is 0.257 e. The van der Waals surface area contributed by atoms with Crippen LogP contribution in [-0.2, 0) is 10.5 Å². The van der Waals surface area contributed by atoms with Crippen molar-refractivity contribution in [3.63, 3.8) is 0 Å². The molecule has 30 heavy (non-hydrogen) atoms. The number of aromatic nitrogens is 2. The number of carbonyl (C=O) groups excluding carboxylic acids is 2. The number of fused-ring (bicyclic) bond motifs is 1. The molecule has 6 nitrogen and oxygen atoms in total. The number of hydrogen-bond donors (Lipinski definition) is 2. The summed E-state index contributed by atoms with van der Waals surface area (Å²) in [5.41, 5.74) is 3.42. The van der Waals surface area contributed by atoms with E-state index in [-0.39, 0.29) is 11.8 Å². The Morgan fingerprint density at radius 1 is 1.10 bits per heavy atom. The van der Waals surface area contributed by atoms with Gasteiger partial charge in [0.15, 0.2) is 9.47 Å². The third-order valence-corrected chi connectivity index (χ3v) is 7.13. The zero-order valence-corrected chi connectivity index (χ0v) is 18.5. The van der Waals surface area contributed by atoms with Gasteiger partial charge in [0.25, 0.3) is 5.91 Å². The van der Waals surface area contributed by atoms with E-state index in [1.807, 2.05) is 54.8 Å². The standard InChI is InChI=1S/C21H18N4O2S3/c1-2-18(26)23-15-7-8-16-17(11-15)30-21(24-16)29-12-13-3-5-14(6-4-13)19(27)25-20-22-9-10-28-20/h3-11H,2,12H2,1H3,(H,23,26)(H,22,25,27). The lowest BCUT2D eigenvalue weighted by Gasteiger charge is -2.03. The summed E-state index contributed by atoms with van der Waals surface area (Å²) >= 11 is 4.65. The normalized spacial score (nSPS) is 10.8. The first-order valence-electron chi connectivity index (χ1n) is 9.24. The van der Waals surface area contributed by atoms with Crippen LogP contribution in [0.4, 0.5) is 10.8 Å². The van der Waals surface area contributed by atoms with Crippen LogP contribution in [0.15, 0.2) is 58.4 Å². The van der Waals surface area contributed by atoms with Crippen molar-refractivity contribution in [1.29, 1.82) is 0 Å². The van der Waals surface area contributed by atoms with Crippen LogP contribution < -0.4 is 10.6 Å². The third kappa shape index (κ3) is 5.05. The summed E-state index contributed by atoms with van der Waals surface area (Å²) in [4.78, 5) is 32.5. The number of amides is 2. The minimum atomic E-state index is -0.165. The number of nitrogens with zero attached hydrogens (tertiary/aromatic N) is 2. The van der Waals surface area contributed by atoms with Gasteiger partial charge in [0.2, 0.25) is 5.91 Å². The van der Waals surface area contributed by atoms with E-state index in [1.54, 1.807) is 29.3 Å². The summed E-state index contributed by atoms with van der Waals surface area (Å²) in [6.45, 7) is 1.83. The predicted octanol–water partition coefficient (Wildman–Crippen LogP) is 5.65. The van der Waals surface area contributed by atoms with Crippen molar-refractivity contribution in [2.75, 3.05) is 10.6 Å². The highest BCUT2D eigenvalue weighted by Crippen LogP contribution is 2.33. The fourth-order valence-corrected chi connectivity index (χ4v) is 5.23. The van der Waals surface area contributed by atoms with E-state index in [4.69, 9.17) is 0 Å². The van der Waals surface area contributed by atoms with Crippen LogP contribution in [0.5, 0.6) is 0 Å². The van der Waals surface area contributed by atoms with Gasteiger partial charge < -0.3 is 5.32 Å². The molecule has 0 spiro atoms. The van der Waals surface area contributed by atoms with Crippen molar-refractivity contribution in [3.8, 4) is 0 Å². The maximum absolute atomic E-state index is 12.2. The summed E-state index contributed by atoms with van der Waals surface area (Å²) in [6, 6.07) is 13.3. The first-order valence-corrected chi connectivity index (χ1v) is 11.9. The van der Waals surface area contributed by atoms with Gasteiger partial charge in [0, 0.05) is 35.0 Å². The zero-order valence-electron chi connectivity index (χ0n) is 16.0. The van der Waals surface area contributed by atoms with Crippen LogP contribution in [0.1, 0.15) is 29.3 Å². The lowest BCUT2D eigenvalue weighted by molar-refractivity contribution is -0.115. The lowest BCUT2D eigenvalue weighted by atomic mass is 10.1. The van der Waals surface area contributed by atoms with Crippen LogP contribution >= 0.6 is 34.4 Å². The molecule has 4 aromatic rings. The first kappa shape index (κ1) is 20.5. The quantitative estimate of drug-likeness (QED) is 0.353. The molecule has 0 saturated carbocycles. The minimum Gasteiger partial charge on any atom is -0.326 e. The second kappa shape index (κ2) is 9.38. The number of anilines is 2. The molecule has 2 amide bonds. The van der Waals surface area contributed by atoms with Gasteiger partial charge in [-0.2, -0.15) is 0 Å². The van der Waals surface area contributed by atoms with Gasteiger partial charge in [-0.25, -0.2) is 9.97 Å². The summed E-state index contributed by atoms with van der Waals surface area (Å²) in [5.74, 6) is 0.590. The highest BCUT2D eigenvalue weighted by Gasteiger charge is 2.09. The molecule has 152 valence electrons. The molecule has 9 heteroatoms. The van der Waals surface area contributed by atoms with E-state index in [0.717, 1.165) is 31.6 Å². The molecule has 0 radical (unpaired) electrons. The highest BCUT2D eigenvalue weighted by molar-refractivity contribution is 8.00. The Labute approximate surface area is 185 Å². The molecule has 2 N–H and O–H groups in total. The smallest absolute Gasteiger partial charge is 0.257 e. The monoisotopic (exact) mass is 454 g/mol. The molecule has 2 aromatic carbocycles. The lowest BCUT2D eigenvalue weighted by Crippen LogP contribution is -2.11. The molecular weight excluding hydrogens is 436 g/mol. The van der Waals surface area contributed by atoms with E-state index in [2.05, 4.69) is 20.6 Å². The number of benzene rings is 2. The molecule has 0 aliphatic heterocycles. The van der Waals surface area contributed by atoms with Crippen molar-refractivity contribution in [1.82, 2.24) is 9.97 Å². The molecule has 4 rings (SSSR count). The van der Waals surface area contributed by atoms with Crippen molar-refractivity contribution in [2.24, 2.45) is 0 Å². The molecule has 0 unspecified atom stereocenters. The average molecular weight is 455 g/mol. The average Bonchev–Trinajstić information content (AvgIpc) is 3.41. The van der Waals surface area contributed by atoms with Gasteiger partial charge in [-0.3, -0.25) is 14.9 Å². The van der Waals surface area contributed by atoms with Crippen LogP contribution in [0.25, 0.3) is 10.2 Å². The fraction of sp³-hybridized carbons (Fsp3) is 0.143. The molecule has 2 heterocycles. The van der Waals surface area contributed by atoms with Gasteiger partial charge in [-0.05, 0) is 35.9 Å². The van der Waals surface area contributed by atoms with Gasteiger partial charge in [-0.1, -0.05) is 30.8 Å². The topological polar surface area (TPSA) is 84.0 Å². The molecular formula is C21H18N4O2S3. The highest BCUT2D eigenvalue weighted by atomic mass is 32.2. The van der Waals surface area contributed by atoms with Crippen molar-refractivity contribution >= 4 is 67.3 Å². The Morgan fingerprint density at radius 3 is 2.67 bits per heavy atom. The maximum atomic E-state index is 12.2. The summed E-state index contributed by atoms with van der Waals surface area (Å²) in [6.07, 6.45) is 2.11. The number of thiazole rings is 2. The number of carbonyl (C=O) groups is 2. The van der Waals surface area contributed by atoms with Crippen LogP contribution in [-0.4, -0.2) is 21.8 Å². The third-order valence-electron chi connectivity index (χ3n) is 4.20. The Hall–Kier alpha value is -2.75. The van der Waals surface area contributed by atoms with Gasteiger partial charge >= 0.3 is 0 Å². The van der Waals surface area contributed by atoms with Crippen LogP contribution in [0, 0.1) is 0 Å². The number of nitrogens with one attached hydrogen (secondary N) is 2. The molecule has 0 bridgehead atoms. The minimum absolute atomic E-state index is 0.00255. The summed E-state index contributed by atoms with van der Waals surface area (Å²) < 4.78 is 2.01. The van der Waals surface area contributed by atoms with Gasteiger partial charge in [0.1, 0.15) is 0 Å². The Kier molecular flexibility index (Phi) is 6.41. The van der Waals surface area contributed by atoms with E-state index >= 15 is 0 Å². The molecule has 0 fully saturated rings. The van der Waals surface area contributed by atoms with E-state index < -0.39 is 0 Å². The summed E-state index contributed by atoms with van der Waals surface area (Å²) in [5, 5.41) is 8.07. The van der Waals surface area contributed by atoms with Crippen LogP contribution in [0.2, 0.25) is 0 Å². The molecule has 0 aliphatic rings. The van der Waals surface area contributed by atoms with Crippen molar-refractivity contribution in [3.05, 3.63) is 65.2 Å². The van der Waals surface area contributed by atoms with Gasteiger partial charge in [-0.15, -0.1) is 22.7 Å². The molecule has 0 atom stereocenters. The van der Waals surface area contributed by atoms with Gasteiger partial charge in [0.05, 0.1) is 10.2 Å². The molecule has 0 saturated heterocycles. The Balaban J connectivity index is 1.37. The van der Waals surface area contributed by atoms with E-state index in [9.17, 15) is 9.59 Å². The first-order chi connectivity index (χ1) is 14.6. The van der Waals surface area contributed by atoms with Crippen LogP contribution in [0.3, 0.4) is 0 Å². The van der Waals surface area contributed by atoms with Crippen molar-refractivity contribution < 1.29 is 9.59 Å². The Bertz CT molecular complexity index is 1170. The number of hydrogen-bond acceptors (Lipinski definition) is 7. The second-order valence-electron chi connectivity index (χ2n) is 6.34. The largest absolute Gasteiger partial charge is 0.326 e. The fourth-order valence-electron chi connectivity index (χ4n) is 2.64. The summed E-state index contributed by atoms with van der Waals surface area (Å²) in [7, 11) is 0. The van der Waals surface area contributed by atoms with E-state index in [0.29, 0.717) is 17.1 Å². The number of thioether (sulfide) groups is 1. The molecule has 0 aliphatic carbocycles. The van der Waals surface area contributed by atoms with E-state index in [1.165, 1.54) is 11.3 Å². The second-order valence-corrected chi connectivity index (χ2v) is 9.49. The SMILES string of the molecule is CCC(=O)Nc1ccc2nc(SCc3ccc(C(=O)Nc4nccs4)cc3)sc2c1. The number of rotatable bonds is 7. The molecule has 2 aromatic heterocycles.